The smallest absolute Gasteiger partial charge is 0.416 e. The van der Waals surface area contributed by atoms with E-state index in [0.717, 1.165) is 67.2 Å². The Balaban J connectivity index is 0.000000206. The number of ether oxygens (including phenoxy) is 10. The standard InChI is InChI=1S/C47H50N6O10S.C37H43N5O10/c1-5-18-61-47(58)53-35-24-38(37(59-4)23-32(35)45(57)52-17-8-6-13-34(52)46(53)63-43-14-7-9-19-60-43)62-27-30-12-10-11-29(20-30)21-41(56)49-40-26-51(3)44(50-40)36(55)25-42-48-33-22-31(28(2)54)15-16-39(33)64-42;1-4-15-50-37(47)42-27-20-29(51-22-24-11-9-10-23(17-24)18-31(43)38-30-21-40(2)33(39-30)36(45)46)28(48-3)19-25(27)34(44)41-14-7-5-12-26(41)35(42)52-32-13-6-8-16-49-32/h5,10-12,15-16,20,22-24,26,34,43,46H,1,6-9,13-14,17-19,21,25,27H2,2-4H3,(H,49,56);4,9-11,17,19-21,26,32,35H,1,5-8,12-16,18,22H2,2-3H3,(H,38,43)(H,45,46)/t34-,43?,46?;26-,32?,35?/m00/s1. The number of amides is 6. The summed E-state index contributed by atoms with van der Waals surface area (Å²) in [5, 5.41) is 15.3. The Morgan fingerprint density at radius 3 is 1.49 bits per heavy atom. The number of imidazole rings is 2. The lowest BCUT2D eigenvalue weighted by molar-refractivity contribution is -0.199. The fourth-order valence-corrected chi connectivity index (χ4v) is 16.0. The molecule has 0 saturated carbocycles. The molecule has 4 fully saturated rings. The number of fused-ring (bicyclic) bond motifs is 5. The molecule has 32 heteroatoms. The van der Waals surface area contributed by atoms with E-state index in [1.54, 1.807) is 76.1 Å². The molecule has 4 saturated heterocycles. The Bertz CT molecular complexity index is 5020. The SMILES string of the molecule is C=CCOC(=O)N1c2cc(OCc3cccc(CC(=O)Nc4cn(C)c(C(=O)Cc5nc6cc(C(C)=O)ccc6s5)n4)c3)c(OC)cc2C(=O)N2CCCC[C@H]2C1OC1CCCCO1.C=CCOC(=O)N1c2cc(OCc3cccc(CC(=O)Nc4cn(C)c(C(=O)O)n4)c3)c(OC)cc2C(=O)N2CCCC[C@H]2C1OC1CCCCO1. The molecule has 14 rings (SSSR count). The van der Waals surface area contributed by atoms with Crippen LogP contribution in [0.5, 0.6) is 23.0 Å². The van der Waals surface area contributed by atoms with E-state index in [2.05, 4.69) is 38.7 Å². The van der Waals surface area contributed by atoms with Gasteiger partial charge in [-0.25, -0.2) is 39.1 Å². The van der Waals surface area contributed by atoms with Gasteiger partial charge >= 0.3 is 18.2 Å². The maximum atomic E-state index is 14.3. The lowest BCUT2D eigenvalue weighted by Crippen LogP contribution is -2.57. The minimum Gasteiger partial charge on any atom is -0.493 e. The first-order chi connectivity index (χ1) is 56.1. The number of aromatic nitrogens is 5. The lowest BCUT2D eigenvalue weighted by Gasteiger charge is -2.42. The second-order valence-electron chi connectivity index (χ2n) is 28.8. The highest BCUT2D eigenvalue weighted by Gasteiger charge is 2.49. The number of carboxylic acids is 1. The van der Waals surface area contributed by atoms with Crippen molar-refractivity contribution in [3.8, 4) is 23.0 Å². The molecular weight excluding hydrogens is 1520 g/mol. The number of carbonyl (C=O) groups excluding carboxylic acids is 8. The third-order valence-corrected chi connectivity index (χ3v) is 21.6. The number of methoxy groups -OCH3 is 2. The molecule has 5 aromatic carbocycles. The van der Waals surface area contributed by atoms with Crippen molar-refractivity contribution in [2.24, 2.45) is 14.1 Å². The number of hydrogen-bond donors (Lipinski definition) is 3. The van der Waals surface area contributed by atoms with E-state index in [1.165, 1.54) is 72.2 Å². The largest absolute Gasteiger partial charge is 0.493 e. The van der Waals surface area contributed by atoms with Gasteiger partial charge in [0.05, 0.1) is 78.3 Å². The molecule has 6 aliphatic rings. The summed E-state index contributed by atoms with van der Waals surface area (Å²) in [4.78, 5) is 138. The van der Waals surface area contributed by atoms with Crippen LogP contribution in [0.2, 0.25) is 0 Å². The van der Waals surface area contributed by atoms with Gasteiger partial charge in [0.25, 0.3) is 11.8 Å². The zero-order valence-corrected chi connectivity index (χ0v) is 66.1. The predicted molar refractivity (Wildman–Crippen MR) is 426 cm³/mol. The third-order valence-electron chi connectivity index (χ3n) is 20.6. The molecule has 9 heterocycles. The number of hydrogen-bond acceptors (Lipinski definition) is 23. The average molecular weight is 1610 g/mol. The second kappa shape index (κ2) is 37.6. The van der Waals surface area contributed by atoms with Gasteiger partial charge in [-0.15, -0.1) is 11.3 Å². The fourth-order valence-electron chi connectivity index (χ4n) is 15.1. The third kappa shape index (κ3) is 19.2. The molecule has 4 unspecified atom stereocenters. The van der Waals surface area contributed by atoms with Crippen LogP contribution in [0, 0.1) is 0 Å². The van der Waals surface area contributed by atoms with Crippen molar-refractivity contribution in [1.82, 2.24) is 33.9 Å². The first kappa shape index (κ1) is 82.2. The Morgan fingerprint density at radius 1 is 0.569 bits per heavy atom. The van der Waals surface area contributed by atoms with Gasteiger partial charge in [-0.2, -0.15) is 0 Å². The van der Waals surface area contributed by atoms with Crippen LogP contribution in [0.4, 0.5) is 32.6 Å². The van der Waals surface area contributed by atoms with Gasteiger partial charge in [0.1, 0.15) is 31.4 Å². The Labute approximate surface area is 673 Å². The quantitative estimate of drug-likeness (QED) is 0.0318. The Hall–Kier alpha value is -11.8. The maximum absolute atomic E-state index is 14.3. The highest BCUT2D eigenvalue weighted by atomic mass is 32.1. The molecule has 0 spiro atoms. The van der Waals surface area contributed by atoms with Gasteiger partial charge < -0.3 is 82.0 Å². The average Bonchev–Trinajstić information content (AvgIpc) is 1.59. The molecule has 6 aliphatic heterocycles. The van der Waals surface area contributed by atoms with Crippen LogP contribution < -0.4 is 39.4 Å². The molecule has 116 heavy (non-hydrogen) atoms. The van der Waals surface area contributed by atoms with Crippen LogP contribution in [-0.2, 0) is 84.6 Å². The molecule has 3 N–H and O–H groups in total. The summed E-state index contributed by atoms with van der Waals surface area (Å²) in [5.41, 5.74) is 5.09. The van der Waals surface area contributed by atoms with Crippen LogP contribution in [-0.4, -0.2) is 183 Å². The number of ketones is 2. The van der Waals surface area contributed by atoms with Crippen molar-refractivity contribution in [2.75, 3.05) is 74.2 Å². The Kier molecular flexibility index (Phi) is 26.6. The van der Waals surface area contributed by atoms with Crippen LogP contribution >= 0.6 is 11.3 Å². The first-order valence-corrected chi connectivity index (χ1v) is 39.5. The van der Waals surface area contributed by atoms with Crippen LogP contribution in [0.25, 0.3) is 10.2 Å². The van der Waals surface area contributed by atoms with E-state index in [1.807, 2.05) is 42.5 Å². The molecule has 610 valence electrons. The molecule has 8 aromatic rings. The van der Waals surface area contributed by atoms with Crippen molar-refractivity contribution in [1.29, 1.82) is 0 Å². The first-order valence-electron chi connectivity index (χ1n) is 38.6. The molecule has 0 bridgehead atoms. The van der Waals surface area contributed by atoms with E-state index in [-0.39, 0.29) is 138 Å². The monoisotopic (exact) mass is 1610 g/mol. The number of benzene rings is 5. The number of carboxylic acid groups (broad SMARTS) is 1. The van der Waals surface area contributed by atoms with Crippen molar-refractivity contribution in [3.05, 3.63) is 184 Å². The number of carbonyl (C=O) groups is 9. The number of aromatic carboxylic acids is 1. The zero-order chi connectivity index (χ0) is 81.7. The molecule has 6 atom stereocenters. The number of nitrogens with one attached hydrogen (secondary N) is 2. The van der Waals surface area contributed by atoms with Crippen molar-refractivity contribution < 1.29 is 95.6 Å². The van der Waals surface area contributed by atoms with E-state index >= 15 is 0 Å². The summed E-state index contributed by atoms with van der Waals surface area (Å²) in [5.74, 6) is -1.27. The normalized spacial score (nSPS) is 19.1. The number of nitrogens with zero attached hydrogens (tertiary/aromatic N) is 9. The van der Waals surface area contributed by atoms with Crippen molar-refractivity contribution >= 4 is 97.9 Å². The van der Waals surface area contributed by atoms with Gasteiger partial charge in [-0.05, 0) is 137 Å². The number of piperidine rings is 2. The van der Waals surface area contributed by atoms with Crippen molar-refractivity contribution in [2.45, 2.75) is 154 Å². The van der Waals surface area contributed by atoms with E-state index in [9.17, 15) is 48.3 Å². The topological polar surface area (TPSA) is 352 Å². The summed E-state index contributed by atoms with van der Waals surface area (Å²) < 4.78 is 64.2. The van der Waals surface area contributed by atoms with Crippen LogP contribution in [0.15, 0.2) is 129 Å². The number of Topliss-reactive ketones (excluding diaryl/α,β-unsaturated/α-hetero) is 2. The molecule has 3 aromatic heterocycles. The minimum atomic E-state index is -1.20. The van der Waals surface area contributed by atoms with Crippen LogP contribution in [0.1, 0.15) is 164 Å². The van der Waals surface area contributed by atoms with Gasteiger partial charge in [0.2, 0.25) is 23.4 Å². The molecule has 6 amide bonds. The lowest BCUT2D eigenvalue weighted by atomic mass is 10.00. The van der Waals surface area contributed by atoms with Gasteiger partial charge in [-0.1, -0.05) is 73.8 Å². The fraction of sp³-hybridized carbons (Fsp3) is 0.405. The van der Waals surface area contributed by atoms with Crippen molar-refractivity contribution in [3.63, 3.8) is 0 Å². The van der Waals surface area contributed by atoms with Gasteiger partial charge in [0, 0.05) is 70.5 Å². The van der Waals surface area contributed by atoms with Crippen LogP contribution in [0.3, 0.4) is 0 Å². The molecule has 0 aliphatic carbocycles. The number of thiazole rings is 1. The van der Waals surface area contributed by atoms with E-state index < -0.39 is 55.3 Å². The second-order valence-corrected chi connectivity index (χ2v) is 29.9. The highest BCUT2D eigenvalue weighted by Crippen LogP contribution is 2.45. The number of aryl methyl sites for hydroxylation is 2. The number of rotatable bonds is 27. The van der Waals surface area contributed by atoms with Gasteiger partial charge in [-0.3, -0.25) is 28.8 Å². The number of anilines is 4. The summed E-state index contributed by atoms with van der Waals surface area (Å²) in [6.07, 6.45) is 11.3. The zero-order valence-electron chi connectivity index (χ0n) is 65.2. The minimum absolute atomic E-state index is 0.00262. The van der Waals surface area contributed by atoms with Gasteiger partial charge in [0.15, 0.2) is 71.3 Å². The maximum Gasteiger partial charge on any atom is 0.416 e. The highest BCUT2D eigenvalue weighted by molar-refractivity contribution is 7.18. The summed E-state index contributed by atoms with van der Waals surface area (Å²) in [6.45, 7) is 11.0. The molecule has 0 radical (unpaired) electrons. The summed E-state index contributed by atoms with van der Waals surface area (Å²) in [6, 6.07) is 25.4. The predicted octanol–water partition coefficient (Wildman–Crippen LogP) is 12.3. The molecule has 31 nitrogen and oxygen atoms in total. The summed E-state index contributed by atoms with van der Waals surface area (Å²) >= 11 is 1.38. The van der Waals surface area contributed by atoms with E-state index in [0.29, 0.717) is 90.7 Å². The Morgan fingerprint density at radius 2 is 1.04 bits per heavy atom. The summed E-state index contributed by atoms with van der Waals surface area (Å²) in [7, 11) is 6.17. The van der Waals surface area contributed by atoms with E-state index in [4.69, 9.17) is 47.4 Å². The molecular formula is C84H93N11O20S.